The van der Waals surface area contributed by atoms with Crippen LogP contribution in [0.1, 0.15) is 11.6 Å². The molecule has 0 saturated carbocycles. The Hall–Kier alpha value is -2.14. The lowest BCUT2D eigenvalue weighted by atomic mass is 10.0. The zero-order valence-electron chi connectivity index (χ0n) is 12.0. The van der Waals surface area contributed by atoms with Crippen LogP contribution in [-0.4, -0.2) is 20.7 Å². The van der Waals surface area contributed by atoms with E-state index in [1.54, 1.807) is 32.4 Å². The van der Waals surface area contributed by atoms with Gasteiger partial charge in [0, 0.05) is 24.8 Å². The molecule has 2 N–H and O–H groups in total. The van der Waals surface area contributed by atoms with Crippen molar-refractivity contribution in [3.05, 3.63) is 59.7 Å². The maximum Gasteiger partial charge on any atom is 0.164 e. The summed E-state index contributed by atoms with van der Waals surface area (Å²) in [5, 5.41) is 0. The molecular formula is C16H18F2N2O. The summed E-state index contributed by atoms with van der Waals surface area (Å²) >= 11 is 0. The monoisotopic (exact) mass is 292 g/mol. The van der Waals surface area contributed by atoms with E-state index >= 15 is 0 Å². The highest BCUT2D eigenvalue weighted by Crippen LogP contribution is 2.28. The number of likely N-dealkylation sites (N-methyl/N-ethyl adjacent to an activating group) is 1. The molecule has 0 aliphatic carbocycles. The second-order valence-electron chi connectivity index (χ2n) is 4.70. The second-order valence-corrected chi connectivity index (χ2v) is 4.70. The minimum Gasteiger partial charge on any atom is -0.497 e. The van der Waals surface area contributed by atoms with Gasteiger partial charge in [0.25, 0.3) is 0 Å². The normalized spacial score (nSPS) is 12.0. The number of halogens is 2. The number of nitrogens with two attached hydrogens (primary N) is 1. The molecule has 5 heteroatoms. The number of hydrogen-bond acceptors (Lipinski definition) is 3. The lowest BCUT2D eigenvalue weighted by Gasteiger charge is -2.30. The first-order valence-corrected chi connectivity index (χ1v) is 6.59. The summed E-state index contributed by atoms with van der Waals surface area (Å²) < 4.78 is 32.4. The number of benzene rings is 2. The van der Waals surface area contributed by atoms with Crippen LogP contribution in [0.5, 0.6) is 5.75 Å². The Kier molecular flexibility index (Phi) is 4.75. The molecule has 112 valence electrons. The number of methoxy groups -OCH3 is 1. The third-order valence-electron chi connectivity index (χ3n) is 3.51. The van der Waals surface area contributed by atoms with E-state index in [0.29, 0.717) is 0 Å². The van der Waals surface area contributed by atoms with Gasteiger partial charge < -0.3 is 15.4 Å². The predicted octanol–water partition coefficient (Wildman–Crippen LogP) is 3.11. The summed E-state index contributed by atoms with van der Waals surface area (Å²) in [6.07, 6.45) is 0. The van der Waals surface area contributed by atoms with E-state index in [4.69, 9.17) is 10.5 Å². The average Bonchev–Trinajstić information content (AvgIpc) is 2.52. The van der Waals surface area contributed by atoms with Gasteiger partial charge >= 0.3 is 0 Å². The van der Waals surface area contributed by atoms with Gasteiger partial charge in [0.15, 0.2) is 11.6 Å². The van der Waals surface area contributed by atoms with E-state index in [1.165, 1.54) is 6.07 Å². The van der Waals surface area contributed by atoms with Crippen LogP contribution in [-0.2, 0) is 0 Å². The Balaban J connectivity index is 2.33. The average molecular weight is 292 g/mol. The highest BCUT2D eigenvalue weighted by molar-refractivity contribution is 5.50. The van der Waals surface area contributed by atoms with Crippen LogP contribution in [0.25, 0.3) is 0 Å². The molecule has 0 spiro atoms. The molecule has 21 heavy (non-hydrogen) atoms. The third kappa shape index (κ3) is 3.13. The maximum absolute atomic E-state index is 14.0. The van der Waals surface area contributed by atoms with Gasteiger partial charge in [-0.05, 0) is 30.3 Å². The fourth-order valence-electron chi connectivity index (χ4n) is 2.27. The van der Waals surface area contributed by atoms with Gasteiger partial charge in [0.05, 0.1) is 13.2 Å². The summed E-state index contributed by atoms with van der Waals surface area (Å²) in [6, 6.07) is 11.0. The molecule has 3 nitrogen and oxygen atoms in total. The highest BCUT2D eigenvalue weighted by Gasteiger charge is 2.21. The molecule has 0 fully saturated rings. The molecule has 0 aliphatic rings. The lowest BCUT2D eigenvalue weighted by molar-refractivity contribution is 0.415. The third-order valence-corrected chi connectivity index (χ3v) is 3.51. The van der Waals surface area contributed by atoms with Crippen molar-refractivity contribution in [3.63, 3.8) is 0 Å². The van der Waals surface area contributed by atoms with Crippen LogP contribution in [0.2, 0.25) is 0 Å². The molecule has 0 aliphatic heterocycles. The van der Waals surface area contributed by atoms with Crippen molar-refractivity contribution in [3.8, 4) is 5.75 Å². The van der Waals surface area contributed by atoms with E-state index in [9.17, 15) is 8.78 Å². The van der Waals surface area contributed by atoms with E-state index in [1.807, 2.05) is 17.0 Å². The molecule has 0 saturated heterocycles. The first kappa shape index (κ1) is 15.3. The summed E-state index contributed by atoms with van der Waals surface area (Å²) in [4.78, 5) is 1.82. The molecule has 2 aromatic rings. The Morgan fingerprint density at radius 3 is 2.38 bits per heavy atom. The molecule has 2 aromatic carbocycles. The van der Waals surface area contributed by atoms with E-state index in [2.05, 4.69) is 0 Å². The van der Waals surface area contributed by atoms with Gasteiger partial charge in [0.1, 0.15) is 5.75 Å². The van der Waals surface area contributed by atoms with Crippen molar-refractivity contribution in [2.45, 2.75) is 6.04 Å². The minimum absolute atomic E-state index is 0.170. The standard InChI is InChI=1S/C16H18F2N2O/c1-20(11-6-8-12(21-2)9-7-11)15(10-19)13-4-3-5-14(17)16(13)18/h3-9,15H,10,19H2,1-2H3. The first-order chi connectivity index (χ1) is 10.1. The van der Waals surface area contributed by atoms with Gasteiger partial charge in [-0.2, -0.15) is 0 Å². The van der Waals surface area contributed by atoms with Crippen molar-refractivity contribution < 1.29 is 13.5 Å². The van der Waals surface area contributed by atoms with Crippen molar-refractivity contribution in [2.75, 3.05) is 25.6 Å². The molecule has 1 unspecified atom stereocenters. The van der Waals surface area contributed by atoms with Crippen LogP contribution >= 0.6 is 0 Å². The molecular weight excluding hydrogens is 274 g/mol. The zero-order valence-corrected chi connectivity index (χ0v) is 12.0. The summed E-state index contributed by atoms with van der Waals surface area (Å²) in [5.41, 5.74) is 6.85. The Morgan fingerprint density at radius 2 is 1.81 bits per heavy atom. The van der Waals surface area contributed by atoms with Gasteiger partial charge in [-0.25, -0.2) is 8.78 Å². The lowest BCUT2D eigenvalue weighted by Crippen LogP contribution is -2.31. The Morgan fingerprint density at radius 1 is 1.14 bits per heavy atom. The fraction of sp³-hybridized carbons (Fsp3) is 0.250. The fourth-order valence-corrected chi connectivity index (χ4v) is 2.27. The largest absolute Gasteiger partial charge is 0.497 e. The minimum atomic E-state index is -0.867. The van der Waals surface area contributed by atoms with E-state index < -0.39 is 17.7 Å². The van der Waals surface area contributed by atoms with Crippen molar-refractivity contribution in [2.24, 2.45) is 5.73 Å². The van der Waals surface area contributed by atoms with Crippen LogP contribution in [0, 0.1) is 11.6 Å². The summed E-state index contributed by atoms with van der Waals surface area (Å²) in [5.74, 6) is -0.990. The molecule has 0 amide bonds. The van der Waals surface area contributed by atoms with Gasteiger partial charge in [-0.1, -0.05) is 12.1 Å². The molecule has 2 rings (SSSR count). The van der Waals surface area contributed by atoms with E-state index in [0.717, 1.165) is 17.5 Å². The Bertz CT molecular complexity index is 602. The number of rotatable bonds is 5. The number of hydrogen-bond donors (Lipinski definition) is 1. The number of anilines is 1. The Labute approximate surface area is 122 Å². The van der Waals surface area contributed by atoms with Crippen LogP contribution < -0.4 is 15.4 Å². The van der Waals surface area contributed by atoms with Crippen molar-refractivity contribution in [1.82, 2.24) is 0 Å². The molecule has 0 radical (unpaired) electrons. The topological polar surface area (TPSA) is 38.5 Å². The van der Waals surface area contributed by atoms with Crippen molar-refractivity contribution in [1.29, 1.82) is 0 Å². The SMILES string of the molecule is COc1ccc(N(C)C(CN)c2cccc(F)c2F)cc1. The smallest absolute Gasteiger partial charge is 0.164 e. The summed E-state index contributed by atoms with van der Waals surface area (Å²) in [6.45, 7) is 0.170. The highest BCUT2D eigenvalue weighted by atomic mass is 19.2. The van der Waals surface area contributed by atoms with Gasteiger partial charge in [-0.3, -0.25) is 0 Å². The number of ether oxygens (including phenoxy) is 1. The van der Waals surface area contributed by atoms with Crippen LogP contribution in [0.4, 0.5) is 14.5 Å². The molecule has 0 aromatic heterocycles. The quantitative estimate of drug-likeness (QED) is 0.920. The number of nitrogens with zero attached hydrogens (tertiary/aromatic N) is 1. The molecule has 1 atom stereocenters. The maximum atomic E-state index is 14.0. The van der Waals surface area contributed by atoms with E-state index in [-0.39, 0.29) is 12.1 Å². The van der Waals surface area contributed by atoms with Crippen LogP contribution in [0.3, 0.4) is 0 Å². The molecule has 0 bridgehead atoms. The summed E-state index contributed by atoms with van der Waals surface area (Å²) in [7, 11) is 3.38. The zero-order chi connectivity index (χ0) is 15.4. The molecule has 0 heterocycles. The first-order valence-electron chi connectivity index (χ1n) is 6.59. The second kappa shape index (κ2) is 6.54. The predicted molar refractivity (Wildman–Crippen MR) is 79.6 cm³/mol. The van der Waals surface area contributed by atoms with Crippen LogP contribution in [0.15, 0.2) is 42.5 Å². The van der Waals surface area contributed by atoms with Gasteiger partial charge in [-0.15, -0.1) is 0 Å². The van der Waals surface area contributed by atoms with Crippen molar-refractivity contribution >= 4 is 5.69 Å². The van der Waals surface area contributed by atoms with Gasteiger partial charge in [0.2, 0.25) is 0 Å².